The first kappa shape index (κ1) is 13.2. The Balaban J connectivity index is 1.88. The fourth-order valence-electron chi connectivity index (χ4n) is 5.72. The molecule has 3 fully saturated rings. The summed E-state index contributed by atoms with van der Waals surface area (Å²) < 4.78 is 5.59. The van der Waals surface area contributed by atoms with Crippen LogP contribution in [0.5, 0.6) is 0 Å². The maximum atomic E-state index is 11.5. The van der Waals surface area contributed by atoms with Gasteiger partial charge in [0.1, 0.15) is 6.10 Å². The average molecular weight is 262 g/mol. The summed E-state index contributed by atoms with van der Waals surface area (Å²) in [6.45, 7) is 10.8. The van der Waals surface area contributed by atoms with E-state index in [9.17, 15) is 4.79 Å². The molecule has 5 unspecified atom stereocenters. The smallest absolute Gasteiger partial charge is 0.330 e. The minimum Gasteiger partial charge on any atom is -0.459 e. The molecule has 2 bridgehead atoms. The standard InChI is InChI=1S/C17H26O2/c1-5-15(18)19-11-9-14-12-7-6-8-13(12)17(4,10-11)16(14,2)3/h5,11-14H,1,6-10H2,2-4H3. The third-order valence-electron chi connectivity index (χ3n) is 6.92. The van der Waals surface area contributed by atoms with Crippen LogP contribution in [0.2, 0.25) is 0 Å². The topological polar surface area (TPSA) is 26.3 Å². The first-order valence-electron chi connectivity index (χ1n) is 7.73. The lowest BCUT2D eigenvalue weighted by Crippen LogP contribution is -2.46. The zero-order valence-corrected chi connectivity index (χ0v) is 12.4. The highest BCUT2D eigenvalue weighted by Crippen LogP contribution is 2.71. The molecule has 0 amide bonds. The van der Waals surface area contributed by atoms with Gasteiger partial charge in [-0.3, -0.25) is 0 Å². The lowest BCUT2D eigenvalue weighted by Gasteiger charge is -2.50. The lowest BCUT2D eigenvalue weighted by molar-refractivity contribution is -0.152. The molecule has 3 aliphatic rings. The number of hydrogen-bond acceptors (Lipinski definition) is 2. The average Bonchev–Trinajstić information content (AvgIpc) is 2.84. The second-order valence-corrected chi connectivity index (χ2v) is 7.65. The van der Waals surface area contributed by atoms with E-state index in [0.29, 0.717) is 10.8 Å². The molecule has 3 aliphatic carbocycles. The number of carbonyl (C=O) groups excluding carboxylic acids is 1. The second-order valence-electron chi connectivity index (χ2n) is 7.65. The molecular weight excluding hydrogens is 236 g/mol. The van der Waals surface area contributed by atoms with Gasteiger partial charge in [0, 0.05) is 6.08 Å². The lowest BCUT2D eigenvalue weighted by atomic mass is 9.56. The monoisotopic (exact) mass is 262 g/mol. The van der Waals surface area contributed by atoms with E-state index in [0.717, 1.165) is 30.6 Å². The molecule has 0 radical (unpaired) electrons. The quantitative estimate of drug-likeness (QED) is 0.556. The highest BCUT2D eigenvalue weighted by Gasteiger charge is 2.66. The summed E-state index contributed by atoms with van der Waals surface area (Å²) in [5.74, 6) is 2.19. The van der Waals surface area contributed by atoms with Crippen LogP contribution in [0.3, 0.4) is 0 Å². The van der Waals surface area contributed by atoms with Crippen molar-refractivity contribution in [2.24, 2.45) is 28.6 Å². The second kappa shape index (κ2) is 4.10. The third kappa shape index (κ3) is 1.64. The molecule has 2 heteroatoms. The van der Waals surface area contributed by atoms with E-state index in [1.54, 1.807) is 0 Å². The van der Waals surface area contributed by atoms with Crippen LogP contribution in [-0.2, 0) is 9.53 Å². The van der Waals surface area contributed by atoms with Crippen molar-refractivity contribution in [3.05, 3.63) is 12.7 Å². The van der Waals surface area contributed by atoms with E-state index in [4.69, 9.17) is 4.74 Å². The van der Waals surface area contributed by atoms with Crippen LogP contribution in [0.15, 0.2) is 12.7 Å². The Labute approximate surface area is 116 Å². The molecule has 2 nitrogen and oxygen atoms in total. The molecule has 3 rings (SSSR count). The zero-order chi connectivity index (χ0) is 13.8. The summed E-state index contributed by atoms with van der Waals surface area (Å²) in [6, 6.07) is 0. The van der Waals surface area contributed by atoms with Gasteiger partial charge >= 0.3 is 5.97 Å². The SMILES string of the molecule is C=CC(=O)OC1CC2C3CCCC3C(C)(C1)C2(C)C. The van der Waals surface area contributed by atoms with E-state index >= 15 is 0 Å². The van der Waals surface area contributed by atoms with Crippen LogP contribution in [0.4, 0.5) is 0 Å². The number of esters is 1. The predicted molar refractivity (Wildman–Crippen MR) is 75.5 cm³/mol. The van der Waals surface area contributed by atoms with Gasteiger partial charge in [-0.1, -0.05) is 33.8 Å². The molecule has 0 aliphatic heterocycles. The van der Waals surface area contributed by atoms with E-state index in [1.165, 1.54) is 25.3 Å². The summed E-state index contributed by atoms with van der Waals surface area (Å²) in [7, 11) is 0. The van der Waals surface area contributed by atoms with Crippen LogP contribution >= 0.6 is 0 Å². The zero-order valence-electron chi connectivity index (χ0n) is 12.4. The normalized spacial score (nSPS) is 46.7. The number of fused-ring (bicyclic) bond motifs is 5. The van der Waals surface area contributed by atoms with Crippen molar-refractivity contribution in [3.63, 3.8) is 0 Å². The maximum Gasteiger partial charge on any atom is 0.330 e. The van der Waals surface area contributed by atoms with Crippen LogP contribution in [0.1, 0.15) is 52.9 Å². The number of rotatable bonds is 2. The molecule has 0 aromatic rings. The highest BCUT2D eigenvalue weighted by atomic mass is 16.5. The van der Waals surface area contributed by atoms with Gasteiger partial charge in [0.2, 0.25) is 0 Å². The van der Waals surface area contributed by atoms with Gasteiger partial charge in [0.15, 0.2) is 0 Å². The number of carbonyl (C=O) groups is 1. The first-order chi connectivity index (χ1) is 8.90. The molecule has 0 aromatic carbocycles. The first-order valence-corrected chi connectivity index (χ1v) is 7.73. The molecule has 5 atom stereocenters. The van der Waals surface area contributed by atoms with Crippen molar-refractivity contribution in [1.82, 2.24) is 0 Å². The van der Waals surface area contributed by atoms with Crippen LogP contribution in [0.25, 0.3) is 0 Å². The fraction of sp³-hybridized carbons (Fsp3) is 0.824. The van der Waals surface area contributed by atoms with E-state index in [2.05, 4.69) is 27.4 Å². The van der Waals surface area contributed by atoms with E-state index < -0.39 is 0 Å². The van der Waals surface area contributed by atoms with Crippen molar-refractivity contribution in [2.75, 3.05) is 0 Å². The highest BCUT2D eigenvalue weighted by molar-refractivity contribution is 5.81. The Morgan fingerprint density at radius 2 is 2.00 bits per heavy atom. The third-order valence-corrected chi connectivity index (χ3v) is 6.92. The molecule has 0 N–H and O–H groups in total. The fourth-order valence-corrected chi connectivity index (χ4v) is 5.72. The van der Waals surface area contributed by atoms with Gasteiger partial charge in [-0.15, -0.1) is 0 Å². The van der Waals surface area contributed by atoms with Gasteiger partial charge < -0.3 is 4.74 Å². The molecular formula is C17H26O2. The molecule has 0 spiro atoms. The van der Waals surface area contributed by atoms with E-state index in [1.807, 2.05) is 0 Å². The maximum absolute atomic E-state index is 11.5. The number of hydrogen-bond donors (Lipinski definition) is 0. The van der Waals surface area contributed by atoms with Crippen molar-refractivity contribution in [2.45, 2.75) is 59.0 Å². The van der Waals surface area contributed by atoms with Crippen LogP contribution in [-0.4, -0.2) is 12.1 Å². The van der Waals surface area contributed by atoms with E-state index in [-0.39, 0.29) is 12.1 Å². The van der Waals surface area contributed by atoms with Crippen molar-refractivity contribution < 1.29 is 9.53 Å². The Morgan fingerprint density at radius 3 is 2.68 bits per heavy atom. The molecule has 19 heavy (non-hydrogen) atoms. The Morgan fingerprint density at radius 1 is 1.26 bits per heavy atom. The number of ether oxygens (including phenoxy) is 1. The van der Waals surface area contributed by atoms with Gasteiger partial charge in [-0.05, 0) is 54.3 Å². The summed E-state index contributed by atoms with van der Waals surface area (Å²) in [6.07, 6.45) is 7.67. The largest absolute Gasteiger partial charge is 0.459 e. The van der Waals surface area contributed by atoms with Crippen molar-refractivity contribution in [1.29, 1.82) is 0 Å². The van der Waals surface area contributed by atoms with Gasteiger partial charge in [-0.25, -0.2) is 4.79 Å². The summed E-state index contributed by atoms with van der Waals surface area (Å²) in [5.41, 5.74) is 0.725. The van der Waals surface area contributed by atoms with Crippen LogP contribution < -0.4 is 0 Å². The molecule has 106 valence electrons. The minimum atomic E-state index is -0.252. The Bertz CT molecular complexity index is 411. The van der Waals surface area contributed by atoms with Gasteiger partial charge in [0.05, 0.1) is 0 Å². The minimum absolute atomic E-state index is 0.110. The molecule has 0 heterocycles. The van der Waals surface area contributed by atoms with Crippen LogP contribution in [0, 0.1) is 28.6 Å². The van der Waals surface area contributed by atoms with Crippen molar-refractivity contribution >= 4 is 5.97 Å². The summed E-state index contributed by atoms with van der Waals surface area (Å²) >= 11 is 0. The summed E-state index contributed by atoms with van der Waals surface area (Å²) in [5, 5.41) is 0. The van der Waals surface area contributed by atoms with Crippen molar-refractivity contribution in [3.8, 4) is 0 Å². The predicted octanol–water partition coefficient (Wildman–Crippen LogP) is 3.96. The van der Waals surface area contributed by atoms with Gasteiger partial charge in [0.25, 0.3) is 0 Å². The Hall–Kier alpha value is -0.790. The Kier molecular flexibility index (Phi) is 2.85. The summed E-state index contributed by atoms with van der Waals surface area (Å²) in [4.78, 5) is 11.5. The molecule has 0 saturated heterocycles. The molecule has 0 aromatic heterocycles. The van der Waals surface area contributed by atoms with Gasteiger partial charge in [-0.2, -0.15) is 0 Å². The molecule has 3 saturated carbocycles.